The fraction of sp³-hybridized carbons (Fsp3) is 0.636. The Morgan fingerprint density at radius 3 is 2.93 bits per heavy atom. The molecular formula is C11H16BrNOS. The summed E-state index contributed by atoms with van der Waals surface area (Å²) in [5.74, 6) is 0. The van der Waals surface area contributed by atoms with E-state index in [0.29, 0.717) is 12.1 Å². The average molecular weight is 290 g/mol. The van der Waals surface area contributed by atoms with E-state index < -0.39 is 0 Å². The van der Waals surface area contributed by atoms with Gasteiger partial charge in [0.05, 0.1) is 15.9 Å². The van der Waals surface area contributed by atoms with Crippen LogP contribution in [0, 0.1) is 6.92 Å². The Labute approximate surface area is 103 Å². The lowest BCUT2D eigenvalue weighted by Crippen LogP contribution is -2.28. The molecule has 1 aliphatic heterocycles. The Kier molecular flexibility index (Phi) is 3.83. The van der Waals surface area contributed by atoms with Gasteiger partial charge in [0.15, 0.2) is 0 Å². The fourth-order valence-corrected chi connectivity index (χ4v) is 3.75. The minimum absolute atomic E-state index is 0.347. The van der Waals surface area contributed by atoms with Crippen LogP contribution in [0.2, 0.25) is 0 Å². The minimum atomic E-state index is 0.347. The molecule has 0 radical (unpaired) electrons. The molecule has 1 aromatic rings. The number of hydrogen-bond acceptors (Lipinski definition) is 3. The van der Waals surface area contributed by atoms with Gasteiger partial charge in [-0.2, -0.15) is 0 Å². The van der Waals surface area contributed by atoms with Crippen molar-refractivity contribution in [1.82, 2.24) is 5.32 Å². The predicted molar refractivity (Wildman–Crippen MR) is 67.5 cm³/mol. The summed E-state index contributed by atoms with van der Waals surface area (Å²) < 4.78 is 6.97. The normalized spacial score (nSPS) is 23.3. The van der Waals surface area contributed by atoms with Crippen molar-refractivity contribution in [3.05, 3.63) is 20.3 Å². The summed E-state index contributed by atoms with van der Waals surface area (Å²) in [5, 5.41) is 3.37. The third-order valence-corrected chi connectivity index (χ3v) is 5.05. The van der Waals surface area contributed by atoms with E-state index in [4.69, 9.17) is 4.74 Å². The molecule has 2 unspecified atom stereocenters. The van der Waals surface area contributed by atoms with Crippen LogP contribution in [-0.4, -0.2) is 19.8 Å². The molecule has 2 nitrogen and oxygen atoms in total. The van der Waals surface area contributed by atoms with Crippen LogP contribution in [0.25, 0.3) is 0 Å². The molecule has 0 saturated carbocycles. The Morgan fingerprint density at radius 1 is 1.67 bits per heavy atom. The van der Waals surface area contributed by atoms with Gasteiger partial charge in [0, 0.05) is 11.5 Å². The topological polar surface area (TPSA) is 21.3 Å². The van der Waals surface area contributed by atoms with Crippen LogP contribution >= 0.6 is 27.3 Å². The van der Waals surface area contributed by atoms with Crippen molar-refractivity contribution < 1.29 is 4.74 Å². The fourth-order valence-electron chi connectivity index (χ4n) is 2.01. The van der Waals surface area contributed by atoms with Crippen molar-refractivity contribution >= 4 is 27.3 Å². The monoisotopic (exact) mass is 289 g/mol. The zero-order valence-electron chi connectivity index (χ0n) is 9.05. The van der Waals surface area contributed by atoms with Crippen LogP contribution in [0.3, 0.4) is 0 Å². The van der Waals surface area contributed by atoms with Crippen molar-refractivity contribution in [2.45, 2.75) is 31.9 Å². The molecule has 1 aromatic heterocycles. The molecule has 2 heterocycles. The van der Waals surface area contributed by atoms with E-state index in [1.165, 1.54) is 27.1 Å². The number of thiophene rings is 1. The Balaban J connectivity index is 2.18. The first-order valence-electron chi connectivity index (χ1n) is 5.27. The molecule has 84 valence electrons. The second-order valence-electron chi connectivity index (χ2n) is 3.92. The SMILES string of the molecule is CNC(c1cc(C)c(Br)s1)C1CCCO1. The molecule has 0 bridgehead atoms. The van der Waals surface area contributed by atoms with Crippen LogP contribution in [0.1, 0.15) is 29.3 Å². The molecule has 1 aliphatic rings. The van der Waals surface area contributed by atoms with Crippen molar-refractivity contribution in [3.63, 3.8) is 0 Å². The maximum absolute atomic E-state index is 5.74. The lowest BCUT2D eigenvalue weighted by molar-refractivity contribution is 0.0818. The summed E-state index contributed by atoms with van der Waals surface area (Å²) in [6.45, 7) is 3.04. The van der Waals surface area contributed by atoms with E-state index in [0.717, 1.165) is 6.61 Å². The highest BCUT2D eigenvalue weighted by Gasteiger charge is 2.27. The van der Waals surface area contributed by atoms with Crippen LogP contribution in [0.4, 0.5) is 0 Å². The summed E-state index contributed by atoms with van der Waals surface area (Å²) >= 11 is 5.38. The van der Waals surface area contributed by atoms with Crippen LogP contribution in [0.15, 0.2) is 9.85 Å². The Morgan fingerprint density at radius 2 is 2.47 bits per heavy atom. The Bertz CT molecular complexity index is 314. The minimum Gasteiger partial charge on any atom is -0.376 e. The number of likely N-dealkylation sites (N-methyl/N-ethyl adjacent to an activating group) is 1. The summed E-state index contributed by atoms with van der Waals surface area (Å²) in [5.41, 5.74) is 1.31. The average Bonchev–Trinajstić information content (AvgIpc) is 2.80. The van der Waals surface area contributed by atoms with Gasteiger partial charge >= 0.3 is 0 Å². The molecule has 0 aromatic carbocycles. The van der Waals surface area contributed by atoms with Crippen molar-refractivity contribution in [2.75, 3.05) is 13.7 Å². The summed E-state index contributed by atoms with van der Waals surface area (Å²) in [7, 11) is 2.01. The van der Waals surface area contributed by atoms with Crippen LogP contribution in [-0.2, 0) is 4.74 Å². The summed E-state index contributed by atoms with van der Waals surface area (Å²) in [4.78, 5) is 1.37. The molecule has 0 amide bonds. The van der Waals surface area contributed by atoms with E-state index in [-0.39, 0.29) is 0 Å². The van der Waals surface area contributed by atoms with Crippen molar-refractivity contribution in [2.24, 2.45) is 0 Å². The van der Waals surface area contributed by atoms with Gasteiger partial charge in [0.2, 0.25) is 0 Å². The van der Waals surface area contributed by atoms with Gasteiger partial charge in [-0.05, 0) is 54.4 Å². The second-order valence-corrected chi connectivity index (χ2v) is 6.32. The third kappa shape index (κ3) is 2.44. The number of aryl methyl sites for hydroxylation is 1. The molecule has 0 spiro atoms. The maximum atomic E-state index is 5.74. The Hall–Kier alpha value is 0.1000. The van der Waals surface area contributed by atoms with Gasteiger partial charge in [-0.25, -0.2) is 0 Å². The van der Waals surface area contributed by atoms with Crippen molar-refractivity contribution in [3.8, 4) is 0 Å². The second kappa shape index (κ2) is 4.95. The van der Waals surface area contributed by atoms with Gasteiger partial charge in [-0.1, -0.05) is 0 Å². The third-order valence-electron chi connectivity index (χ3n) is 2.83. The smallest absolute Gasteiger partial charge is 0.0778 e. The highest BCUT2D eigenvalue weighted by molar-refractivity contribution is 9.11. The predicted octanol–water partition coefficient (Wildman–Crippen LogP) is 3.26. The zero-order chi connectivity index (χ0) is 10.8. The van der Waals surface area contributed by atoms with E-state index in [9.17, 15) is 0 Å². The van der Waals surface area contributed by atoms with E-state index in [1.54, 1.807) is 0 Å². The van der Waals surface area contributed by atoms with Gasteiger partial charge < -0.3 is 10.1 Å². The summed E-state index contributed by atoms with van der Waals surface area (Å²) in [6.07, 6.45) is 2.70. The largest absolute Gasteiger partial charge is 0.376 e. The molecule has 1 saturated heterocycles. The van der Waals surface area contributed by atoms with Gasteiger partial charge in [0.1, 0.15) is 0 Å². The molecule has 0 aliphatic carbocycles. The molecule has 1 N–H and O–H groups in total. The van der Waals surface area contributed by atoms with E-state index in [2.05, 4.69) is 34.2 Å². The summed E-state index contributed by atoms with van der Waals surface area (Å²) in [6, 6.07) is 2.60. The molecule has 15 heavy (non-hydrogen) atoms. The van der Waals surface area contributed by atoms with Crippen LogP contribution < -0.4 is 5.32 Å². The van der Waals surface area contributed by atoms with Gasteiger partial charge in [0.25, 0.3) is 0 Å². The quantitative estimate of drug-likeness (QED) is 0.922. The molecule has 2 atom stereocenters. The maximum Gasteiger partial charge on any atom is 0.0778 e. The first kappa shape index (κ1) is 11.6. The first-order chi connectivity index (χ1) is 7.22. The van der Waals surface area contributed by atoms with Crippen molar-refractivity contribution in [1.29, 1.82) is 0 Å². The lowest BCUT2D eigenvalue weighted by Gasteiger charge is -2.20. The molecule has 4 heteroatoms. The highest BCUT2D eigenvalue weighted by Crippen LogP contribution is 2.35. The van der Waals surface area contributed by atoms with Gasteiger partial charge in [-0.3, -0.25) is 0 Å². The van der Waals surface area contributed by atoms with Gasteiger partial charge in [-0.15, -0.1) is 11.3 Å². The number of nitrogens with one attached hydrogen (secondary N) is 1. The van der Waals surface area contributed by atoms with Crippen LogP contribution in [0.5, 0.6) is 0 Å². The lowest BCUT2D eigenvalue weighted by atomic mass is 10.1. The first-order valence-corrected chi connectivity index (χ1v) is 6.88. The van der Waals surface area contributed by atoms with E-state index in [1.807, 2.05) is 18.4 Å². The number of ether oxygens (including phenoxy) is 1. The molecule has 2 rings (SSSR count). The highest BCUT2D eigenvalue weighted by atomic mass is 79.9. The number of rotatable bonds is 3. The van der Waals surface area contributed by atoms with E-state index >= 15 is 0 Å². The number of hydrogen-bond donors (Lipinski definition) is 1. The number of halogens is 1. The molecular weight excluding hydrogens is 274 g/mol. The zero-order valence-corrected chi connectivity index (χ0v) is 11.5. The standard InChI is InChI=1S/C11H16BrNOS/c1-7-6-9(15-11(7)12)10(13-2)8-4-3-5-14-8/h6,8,10,13H,3-5H2,1-2H3. The molecule has 1 fully saturated rings.